The molecule has 3 aromatic rings. The molecule has 2 heterocycles. The van der Waals surface area contributed by atoms with Gasteiger partial charge in [0.1, 0.15) is 5.82 Å². The molecule has 0 unspecified atom stereocenters. The van der Waals surface area contributed by atoms with Gasteiger partial charge in [-0.2, -0.15) is 0 Å². The molecule has 0 aromatic heterocycles. The summed E-state index contributed by atoms with van der Waals surface area (Å²) in [7, 11) is 0. The lowest BCUT2D eigenvalue weighted by Gasteiger charge is -2.40. The first-order valence-electron chi connectivity index (χ1n) is 12.6. The Morgan fingerprint density at radius 2 is 1.77 bits per heavy atom. The summed E-state index contributed by atoms with van der Waals surface area (Å²) in [5.74, 6) is 0.275. The van der Waals surface area contributed by atoms with Crippen LogP contribution in [0.2, 0.25) is 0 Å². The standard InChI is InChI=1S/C30H34FN3O/c1-21(2)24-8-10-26(11-9-24)32-29(35)34-20-30(27-17-22(3)7-12-28(27)34)13-15-33(16-14-30)19-23-5-4-6-25(31)18-23/h4-12,17-18,21H,13-16,19-20H2,1-3H3,(H,32,35). The number of amides is 2. The Morgan fingerprint density at radius 1 is 1.03 bits per heavy atom. The largest absolute Gasteiger partial charge is 0.326 e. The predicted molar refractivity (Wildman–Crippen MR) is 141 cm³/mol. The van der Waals surface area contributed by atoms with E-state index in [1.807, 2.05) is 23.1 Å². The summed E-state index contributed by atoms with van der Waals surface area (Å²) in [5, 5.41) is 3.12. The Balaban J connectivity index is 1.32. The summed E-state index contributed by atoms with van der Waals surface area (Å²) in [6, 6.07) is 21.4. The van der Waals surface area contributed by atoms with Gasteiger partial charge < -0.3 is 5.32 Å². The van der Waals surface area contributed by atoms with E-state index < -0.39 is 0 Å². The van der Waals surface area contributed by atoms with Crippen LogP contribution in [0.15, 0.2) is 66.7 Å². The molecule has 0 atom stereocenters. The van der Waals surface area contributed by atoms with E-state index in [9.17, 15) is 9.18 Å². The zero-order valence-electron chi connectivity index (χ0n) is 20.9. The molecule has 2 aliphatic rings. The molecular weight excluding hydrogens is 437 g/mol. The molecule has 1 N–H and O–H groups in total. The van der Waals surface area contributed by atoms with Gasteiger partial charge in [0.25, 0.3) is 0 Å². The van der Waals surface area contributed by atoms with E-state index in [-0.39, 0.29) is 17.3 Å². The topological polar surface area (TPSA) is 35.6 Å². The summed E-state index contributed by atoms with van der Waals surface area (Å²) in [6.07, 6.45) is 1.96. The van der Waals surface area contributed by atoms with Crippen molar-refractivity contribution in [2.24, 2.45) is 0 Å². The van der Waals surface area contributed by atoms with Crippen LogP contribution in [0.5, 0.6) is 0 Å². The minimum atomic E-state index is -0.184. The molecule has 4 nitrogen and oxygen atoms in total. The van der Waals surface area contributed by atoms with Crippen molar-refractivity contribution in [3.05, 3.63) is 94.8 Å². The molecule has 1 saturated heterocycles. The third-order valence-corrected chi connectivity index (χ3v) is 7.66. The summed E-state index contributed by atoms with van der Waals surface area (Å²) in [6.45, 7) is 9.75. The maximum absolute atomic E-state index is 13.6. The third-order valence-electron chi connectivity index (χ3n) is 7.66. The zero-order chi connectivity index (χ0) is 24.6. The van der Waals surface area contributed by atoms with Gasteiger partial charge in [0.05, 0.1) is 0 Å². The van der Waals surface area contributed by atoms with Crippen LogP contribution in [0.3, 0.4) is 0 Å². The van der Waals surface area contributed by atoms with Crippen molar-refractivity contribution in [1.29, 1.82) is 0 Å². The van der Waals surface area contributed by atoms with Crippen molar-refractivity contribution < 1.29 is 9.18 Å². The second-order valence-corrected chi connectivity index (χ2v) is 10.5. The molecule has 3 aromatic carbocycles. The third kappa shape index (κ3) is 4.83. The molecule has 0 aliphatic carbocycles. The average molecular weight is 472 g/mol. The number of urea groups is 1. The molecular formula is C30H34FN3O. The Bertz CT molecular complexity index is 1210. The minimum Gasteiger partial charge on any atom is -0.308 e. The summed E-state index contributed by atoms with van der Waals surface area (Å²) in [5.41, 5.74) is 6.56. The van der Waals surface area contributed by atoms with Crippen LogP contribution in [0.25, 0.3) is 0 Å². The summed E-state index contributed by atoms with van der Waals surface area (Å²) in [4.78, 5) is 17.7. The number of aryl methyl sites for hydroxylation is 1. The highest BCUT2D eigenvalue weighted by atomic mass is 19.1. The number of hydrogen-bond donors (Lipinski definition) is 1. The Labute approximate surface area is 207 Å². The average Bonchev–Trinajstić information content (AvgIpc) is 3.14. The number of benzene rings is 3. The lowest BCUT2D eigenvalue weighted by atomic mass is 9.74. The zero-order valence-corrected chi connectivity index (χ0v) is 20.9. The van der Waals surface area contributed by atoms with E-state index >= 15 is 0 Å². The quantitative estimate of drug-likeness (QED) is 0.452. The van der Waals surface area contributed by atoms with Gasteiger partial charge in [-0.1, -0.05) is 55.8 Å². The van der Waals surface area contributed by atoms with Crippen LogP contribution in [0.4, 0.5) is 20.6 Å². The first-order valence-corrected chi connectivity index (χ1v) is 12.6. The van der Waals surface area contributed by atoms with Crippen LogP contribution >= 0.6 is 0 Å². The van der Waals surface area contributed by atoms with Crippen LogP contribution < -0.4 is 10.2 Å². The molecule has 35 heavy (non-hydrogen) atoms. The maximum Gasteiger partial charge on any atom is 0.326 e. The number of carbonyl (C=O) groups excluding carboxylic acids is 1. The predicted octanol–water partition coefficient (Wildman–Crippen LogP) is 6.84. The van der Waals surface area contributed by atoms with E-state index in [4.69, 9.17) is 0 Å². The van der Waals surface area contributed by atoms with E-state index in [0.29, 0.717) is 12.5 Å². The number of rotatable bonds is 4. The Morgan fingerprint density at radius 3 is 2.46 bits per heavy atom. The normalized spacial score (nSPS) is 17.1. The van der Waals surface area contributed by atoms with Gasteiger partial charge in [0.2, 0.25) is 0 Å². The summed E-state index contributed by atoms with van der Waals surface area (Å²) < 4.78 is 13.6. The van der Waals surface area contributed by atoms with Gasteiger partial charge in [-0.05, 0) is 85.8 Å². The number of likely N-dealkylation sites (tertiary alicyclic amines) is 1. The number of nitrogens with zero attached hydrogens (tertiary/aromatic N) is 2. The fraction of sp³-hybridized carbons (Fsp3) is 0.367. The van der Waals surface area contributed by atoms with E-state index in [0.717, 1.165) is 49.4 Å². The minimum absolute atomic E-state index is 0.0430. The molecule has 0 radical (unpaired) electrons. The van der Waals surface area contributed by atoms with Crippen molar-refractivity contribution in [2.45, 2.75) is 51.5 Å². The van der Waals surface area contributed by atoms with E-state index in [1.165, 1.54) is 22.8 Å². The molecule has 2 aliphatic heterocycles. The monoisotopic (exact) mass is 471 g/mol. The number of piperidine rings is 1. The van der Waals surface area contributed by atoms with Crippen LogP contribution in [-0.4, -0.2) is 30.6 Å². The van der Waals surface area contributed by atoms with Gasteiger partial charge >= 0.3 is 6.03 Å². The molecule has 1 spiro atoms. The van der Waals surface area contributed by atoms with Gasteiger partial charge in [-0.15, -0.1) is 0 Å². The second kappa shape index (κ2) is 9.46. The number of nitrogens with one attached hydrogen (secondary N) is 1. The fourth-order valence-corrected chi connectivity index (χ4v) is 5.57. The highest BCUT2D eigenvalue weighted by molar-refractivity contribution is 6.03. The summed E-state index contributed by atoms with van der Waals surface area (Å²) >= 11 is 0. The van der Waals surface area contributed by atoms with Crippen molar-refractivity contribution in [3.63, 3.8) is 0 Å². The lowest BCUT2D eigenvalue weighted by Crippen LogP contribution is -2.46. The molecule has 1 fully saturated rings. The van der Waals surface area contributed by atoms with Crippen LogP contribution in [0.1, 0.15) is 54.9 Å². The van der Waals surface area contributed by atoms with Crippen molar-refractivity contribution >= 4 is 17.4 Å². The van der Waals surface area contributed by atoms with Gasteiger partial charge in [0, 0.05) is 29.9 Å². The number of halogens is 1. The SMILES string of the molecule is Cc1ccc2c(c1)C1(CCN(Cc3cccc(F)c3)CC1)CN2C(=O)Nc1ccc(C(C)C)cc1. The highest BCUT2D eigenvalue weighted by Gasteiger charge is 2.46. The van der Waals surface area contributed by atoms with Crippen molar-refractivity contribution in [3.8, 4) is 0 Å². The number of hydrogen-bond acceptors (Lipinski definition) is 2. The molecule has 5 rings (SSSR count). The maximum atomic E-state index is 13.6. The van der Waals surface area contributed by atoms with Crippen LogP contribution in [0, 0.1) is 12.7 Å². The highest BCUT2D eigenvalue weighted by Crippen LogP contribution is 2.47. The first-order chi connectivity index (χ1) is 16.8. The molecule has 2 amide bonds. The smallest absolute Gasteiger partial charge is 0.308 e. The molecule has 0 saturated carbocycles. The van der Waals surface area contributed by atoms with Crippen molar-refractivity contribution in [2.75, 3.05) is 29.9 Å². The fourth-order valence-electron chi connectivity index (χ4n) is 5.57. The number of fused-ring (bicyclic) bond motifs is 2. The van der Waals surface area contributed by atoms with Crippen molar-refractivity contribution in [1.82, 2.24) is 4.90 Å². The van der Waals surface area contributed by atoms with Crippen LogP contribution in [-0.2, 0) is 12.0 Å². The second-order valence-electron chi connectivity index (χ2n) is 10.5. The number of anilines is 2. The van der Waals surface area contributed by atoms with Gasteiger partial charge in [-0.3, -0.25) is 9.80 Å². The first kappa shape index (κ1) is 23.6. The molecule has 5 heteroatoms. The van der Waals surface area contributed by atoms with Gasteiger partial charge in [-0.25, -0.2) is 9.18 Å². The molecule has 182 valence electrons. The van der Waals surface area contributed by atoms with Gasteiger partial charge in [0.15, 0.2) is 0 Å². The van der Waals surface area contributed by atoms with E-state index in [1.54, 1.807) is 12.1 Å². The molecule has 0 bridgehead atoms. The lowest BCUT2D eigenvalue weighted by molar-refractivity contribution is 0.160. The number of carbonyl (C=O) groups is 1. The Hall–Kier alpha value is -3.18. The Kier molecular flexibility index (Phi) is 6.37. The van der Waals surface area contributed by atoms with E-state index in [2.05, 4.69) is 61.3 Å².